The molecule has 0 spiro atoms. The van der Waals surface area contributed by atoms with Gasteiger partial charge in [0, 0.05) is 31.7 Å². The lowest BCUT2D eigenvalue weighted by molar-refractivity contribution is -0.139. The van der Waals surface area contributed by atoms with E-state index in [1.807, 2.05) is 11.8 Å². The third-order valence-corrected chi connectivity index (χ3v) is 5.49. The molecule has 1 heterocycles. The van der Waals surface area contributed by atoms with Crippen LogP contribution >= 0.6 is 0 Å². The van der Waals surface area contributed by atoms with Crippen molar-refractivity contribution >= 4 is 12.0 Å². The molecule has 1 aliphatic heterocycles. The van der Waals surface area contributed by atoms with Crippen molar-refractivity contribution in [1.29, 1.82) is 0 Å². The molecule has 7 nitrogen and oxygen atoms in total. The maximum atomic E-state index is 12.1. The van der Waals surface area contributed by atoms with Crippen LogP contribution in [0.25, 0.3) is 0 Å². The highest BCUT2D eigenvalue weighted by Crippen LogP contribution is 2.25. The minimum Gasteiger partial charge on any atom is -0.480 e. The summed E-state index contributed by atoms with van der Waals surface area (Å²) >= 11 is 0. The van der Waals surface area contributed by atoms with E-state index in [-0.39, 0.29) is 24.7 Å². The number of likely N-dealkylation sites (tertiary alicyclic amines) is 1. The van der Waals surface area contributed by atoms with E-state index in [0.717, 1.165) is 39.0 Å². The third-order valence-electron chi connectivity index (χ3n) is 5.49. The van der Waals surface area contributed by atoms with Gasteiger partial charge in [0.05, 0.1) is 6.54 Å². The average molecular weight is 369 g/mol. The molecule has 1 saturated heterocycles. The van der Waals surface area contributed by atoms with Gasteiger partial charge in [-0.3, -0.25) is 9.69 Å². The highest BCUT2D eigenvalue weighted by atomic mass is 16.4. The Labute approximate surface area is 157 Å². The first-order chi connectivity index (χ1) is 12.4. The average Bonchev–Trinajstić information content (AvgIpc) is 2.53. The van der Waals surface area contributed by atoms with Crippen molar-refractivity contribution in [3.8, 4) is 0 Å². The fourth-order valence-electron chi connectivity index (χ4n) is 4.15. The zero-order valence-corrected chi connectivity index (χ0v) is 16.5. The Morgan fingerprint density at radius 3 is 2.65 bits per heavy atom. The molecule has 1 aliphatic carbocycles. The Bertz CT molecular complexity index is 466. The second kappa shape index (κ2) is 10.1. The summed E-state index contributed by atoms with van der Waals surface area (Å²) in [6, 6.07) is 0.340. The number of rotatable bonds is 9. The van der Waals surface area contributed by atoms with E-state index in [0.29, 0.717) is 11.8 Å². The van der Waals surface area contributed by atoms with Gasteiger partial charge in [-0.2, -0.15) is 0 Å². The summed E-state index contributed by atoms with van der Waals surface area (Å²) in [5, 5.41) is 15.0. The number of aliphatic carboxylic acids is 1. The summed E-state index contributed by atoms with van der Waals surface area (Å²) in [5.41, 5.74) is 0. The molecule has 2 fully saturated rings. The number of piperidine rings is 1. The highest BCUT2D eigenvalue weighted by molar-refractivity contribution is 5.74. The molecule has 1 atom stereocenters. The van der Waals surface area contributed by atoms with Crippen LogP contribution in [-0.4, -0.2) is 78.3 Å². The Hall–Kier alpha value is -1.34. The van der Waals surface area contributed by atoms with E-state index in [1.54, 1.807) is 0 Å². The number of carboxylic acid groups (broad SMARTS) is 1. The predicted molar refractivity (Wildman–Crippen MR) is 102 cm³/mol. The zero-order valence-electron chi connectivity index (χ0n) is 16.5. The van der Waals surface area contributed by atoms with Crippen LogP contribution in [-0.2, 0) is 4.79 Å². The molecule has 0 aromatic heterocycles. The largest absolute Gasteiger partial charge is 0.480 e. The van der Waals surface area contributed by atoms with Gasteiger partial charge in [0.1, 0.15) is 0 Å². The number of carbonyl (C=O) groups is 2. The van der Waals surface area contributed by atoms with E-state index >= 15 is 0 Å². The maximum Gasteiger partial charge on any atom is 0.317 e. The highest BCUT2D eigenvalue weighted by Gasteiger charge is 2.34. The lowest BCUT2D eigenvalue weighted by Crippen LogP contribution is -2.56. The van der Waals surface area contributed by atoms with Crippen molar-refractivity contribution in [2.24, 2.45) is 11.8 Å². The van der Waals surface area contributed by atoms with Crippen molar-refractivity contribution in [2.75, 3.05) is 39.3 Å². The third kappa shape index (κ3) is 6.76. The number of likely N-dealkylation sites (N-methyl/N-ethyl adjacent to an activating group) is 1. The van der Waals surface area contributed by atoms with Crippen LogP contribution in [0, 0.1) is 11.8 Å². The first-order valence-corrected chi connectivity index (χ1v) is 10.1. The standard InChI is InChI=1S/C19H36N4O3/c1-4-23(13-18(24)25)17-8-16(9-17)21-19(26)20-10-15-6-5-7-22(12-15)11-14(2)3/h14-17H,4-13H2,1-3H3,(H,24,25)(H2,20,21,26). The van der Waals surface area contributed by atoms with E-state index in [9.17, 15) is 9.59 Å². The summed E-state index contributed by atoms with van der Waals surface area (Å²) < 4.78 is 0. The Morgan fingerprint density at radius 2 is 2.04 bits per heavy atom. The molecule has 3 N–H and O–H groups in total. The van der Waals surface area contributed by atoms with Crippen molar-refractivity contribution in [3.05, 3.63) is 0 Å². The number of hydrogen-bond acceptors (Lipinski definition) is 4. The van der Waals surface area contributed by atoms with Gasteiger partial charge in [-0.25, -0.2) is 4.79 Å². The van der Waals surface area contributed by atoms with Crippen LogP contribution in [0.4, 0.5) is 4.79 Å². The SMILES string of the molecule is CCN(CC(=O)O)C1CC(NC(=O)NCC2CCCN(CC(C)C)C2)C1. The maximum absolute atomic E-state index is 12.1. The molecule has 2 rings (SSSR count). The van der Waals surface area contributed by atoms with Crippen LogP contribution in [0.1, 0.15) is 46.5 Å². The molecule has 1 unspecified atom stereocenters. The summed E-state index contributed by atoms with van der Waals surface area (Å²) in [4.78, 5) is 27.5. The second-order valence-electron chi connectivity index (χ2n) is 8.30. The fraction of sp³-hybridized carbons (Fsp3) is 0.895. The Balaban J connectivity index is 1.62. The van der Waals surface area contributed by atoms with Gasteiger partial charge in [-0.15, -0.1) is 0 Å². The normalized spacial score (nSPS) is 26.6. The lowest BCUT2D eigenvalue weighted by Gasteiger charge is -2.42. The fourth-order valence-corrected chi connectivity index (χ4v) is 4.15. The number of carbonyl (C=O) groups excluding carboxylic acids is 1. The van der Waals surface area contributed by atoms with Gasteiger partial charge in [0.2, 0.25) is 0 Å². The van der Waals surface area contributed by atoms with Crippen LogP contribution in [0.5, 0.6) is 0 Å². The molecular formula is C19H36N4O3. The number of nitrogens with zero attached hydrogens (tertiary/aromatic N) is 2. The molecule has 1 saturated carbocycles. The molecular weight excluding hydrogens is 332 g/mol. The van der Waals surface area contributed by atoms with Gasteiger partial charge < -0.3 is 20.6 Å². The van der Waals surface area contributed by atoms with E-state index < -0.39 is 5.97 Å². The van der Waals surface area contributed by atoms with Crippen molar-refractivity contribution in [3.63, 3.8) is 0 Å². The van der Waals surface area contributed by atoms with Gasteiger partial charge in [0.15, 0.2) is 0 Å². The monoisotopic (exact) mass is 368 g/mol. The molecule has 2 amide bonds. The number of urea groups is 1. The predicted octanol–water partition coefficient (Wildman–Crippen LogP) is 1.59. The molecule has 0 aromatic carbocycles. The molecule has 2 aliphatic rings. The van der Waals surface area contributed by atoms with Crippen molar-refractivity contribution < 1.29 is 14.7 Å². The van der Waals surface area contributed by atoms with Crippen LogP contribution in [0.15, 0.2) is 0 Å². The summed E-state index contributed by atoms with van der Waals surface area (Å²) in [5.74, 6) is 0.425. The quantitative estimate of drug-likeness (QED) is 0.575. The molecule has 0 aromatic rings. The molecule has 0 bridgehead atoms. The van der Waals surface area contributed by atoms with Crippen molar-refractivity contribution in [2.45, 2.75) is 58.5 Å². The van der Waals surface area contributed by atoms with Gasteiger partial charge in [-0.05, 0) is 50.6 Å². The van der Waals surface area contributed by atoms with Crippen LogP contribution in [0.2, 0.25) is 0 Å². The smallest absolute Gasteiger partial charge is 0.317 e. The van der Waals surface area contributed by atoms with Gasteiger partial charge >= 0.3 is 12.0 Å². The molecule has 26 heavy (non-hydrogen) atoms. The van der Waals surface area contributed by atoms with E-state index in [4.69, 9.17) is 5.11 Å². The first-order valence-electron chi connectivity index (χ1n) is 10.1. The van der Waals surface area contributed by atoms with E-state index in [1.165, 1.54) is 19.4 Å². The molecule has 7 heteroatoms. The number of amides is 2. The Morgan fingerprint density at radius 1 is 1.31 bits per heavy atom. The summed E-state index contributed by atoms with van der Waals surface area (Å²) in [6.07, 6.45) is 4.06. The minimum absolute atomic E-state index is 0.0780. The first kappa shape index (κ1) is 21.0. The van der Waals surface area contributed by atoms with Crippen LogP contribution in [0.3, 0.4) is 0 Å². The second-order valence-corrected chi connectivity index (χ2v) is 8.30. The van der Waals surface area contributed by atoms with Crippen molar-refractivity contribution in [1.82, 2.24) is 20.4 Å². The zero-order chi connectivity index (χ0) is 19.1. The molecule has 0 radical (unpaired) electrons. The van der Waals surface area contributed by atoms with Gasteiger partial charge in [-0.1, -0.05) is 20.8 Å². The van der Waals surface area contributed by atoms with Gasteiger partial charge in [0.25, 0.3) is 0 Å². The van der Waals surface area contributed by atoms with E-state index in [2.05, 4.69) is 29.4 Å². The number of hydrogen-bond donors (Lipinski definition) is 3. The topological polar surface area (TPSA) is 84.9 Å². The number of carboxylic acids is 1. The lowest BCUT2D eigenvalue weighted by atomic mass is 9.85. The summed E-state index contributed by atoms with van der Waals surface area (Å²) in [7, 11) is 0. The summed E-state index contributed by atoms with van der Waals surface area (Å²) in [6.45, 7) is 11.4. The number of nitrogens with one attached hydrogen (secondary N) is 2. The Kier molecular flexibility index (Phi) is 8.15. The van der Waals surface area contributed by atoms with Crippen LogP contribution < -0.4 is 10.6 Å². The minimum atomic E-state index is -0.792. The molecule has 150 valence electrons.